The van der Waals surface area contributed by atoms with E-state index in [2.05, 4.69) is 20.4 Å². The van der Waals surface area contributed by atoms with Crippen LogP contribution in [-0.2, 0) is 14.3 Å². The average molecular weight is 226 g/mol. The smallest absolute Gasteiger partial charge is 0.335 e. The quantitative estimate of drug-likeness (QED) is 0.547. The second kappa shape index (κ2) is 5.48. The lowest BCUT2D eigenvalue weighted by Gasteiger charge is -2.41. The fraction of sp³-hybridized carbons (Fsp3) is 0.769. The number of hydrogen-bond acceptors (Lipinski definition) is 3. The predicted octanol–water partition coefficient (Wildman–Crippen LogP) is 2.41. The molecule has 2 unspecified atom stereocenters. The first-order valence-corrected chi connectivity index (χ1v) is 5.92. The lowest BCUT2D eigenvalue weighted by molar-refractivity contribution is -0.180. The topological polar surface area (TPSA) is 35.5 Å². The summed E-state index contributed by atoms with van der Waals surface area (Å²) in [6.45, 7) is 12.2. The van der Waals surface area contributed by atoms with Gasteiger partial charge < -0.3 is 9.47 Å². The van der Waals surface area contributed by atoms with Gasteiger partial charge >= 0.3 is 5.97 Å². The Balaban J connectivity index is 2.66. The highest BCUT2D eigenvalue weighted by Crippen LogP contribution is 2.35. The highest BCUT2D eigenvalue weighted by Gasteiger charge is 2.41. The number of carbonyl (C=O) groups is 1. The van der Waals surface area contributed by atoms with Crippen molar-refractivity contribution in [2.75, 3.05) is 6.61 Å². The maximum atomic E-state index is 11.8. The lowest BCUT2D eigenvalue weighted by Crippen LogP contribution is -2.47. The van der Waals surface area contributed by atoms with Crippen LogP contribution in [0.5, 0.6) is 0 Å². The number of esters is 1. The van der Waals surface area contributed by atoms with E-state index in [9.17, 15) is 4.79 Å². The van der Waals surface area contributed by atoms with Gasteiger partial charge in [0.1, 0.15) is 6.61 Å². The molecule has 0 amide bonds. The van der Waals surface area contributed by atoms with E-state index in [1.807, 2.05) is 13.8 Å². The van der Waals surface area contributed by atoms with E-state index in [1.54, 1.807) is 6.08 Å². The molecule has 0 aromatic heterocycles. The summed E-state index contributed by atoms with van der Waals surface area (Å²) in [5, 5.41) is 0. The van der Waals surface area contributed by atoms with Crippen molar-refractivity contribution in [3.8, 4) is 0 Å². The predicted molar refractivity (Wildman–Crippen MR) is 63.0 cm³/mol. The van der Waals surface area contributed by atoms with Crippen LogP contribution in [0.4, 0.5) is 0 Å². The molecule has 1 saturated heterocycles. The number of ether oxygens (including phenoxy) is 2. The zero-order valence-corrected chi connectivity index (χ0v) is 10.6. The van der Waals surface area contributed by atoms with Crippen molar-refractivity contribution in [1.82, 2.24) is 0 Å². The zero-order valence-electron chi connectivity index (χ0n) is 10.6. The molecule has 0 aliphatic carbocycles. The monoisotopic (exact) mass is 226 g/mol. The van der Waals surface area contributed by atoms with E-state index in [-0.39, 0.29) is 24.6 Å². The zero-order chi connectivity index (χ0) is 12.3. The summed E-state index contributed by atoms with van der Waals surface area (Å²) in [6.07, 6.45) is 1.24. The fourth-order valence-electron chi connectivity index (χ4n) is 2.15. The first kappa shape index (κ1) is 13.2. The Morgan fingerprint density at radius 2 is 1.88 bits per heavy atom. The van der Waals surface area contributed by atoms with Gasteiger partial charge in [0, 0.05) is 0 Å². The standard InChI is InChI=1S/C13H22O3/c1-6-7-15-13(14)12-10(4)8(2)9(3)11(5)16-12/h6,8-12H,1,7H2,2-5H3/t8-,9?,10+,11-,12?/m1/s1. The molecule has 1 fully saturated rings. The minimum atomic E-state index is -0.429. The third kappa shape index (κ3) is 2.64. The fourth-order valence-corrected chi connectivity index (χ4v) is 2.15. The molecule has 5 atom stereocenters. The largest absolute Gasteiger partial charge is 0.460 e. The molecular weight excluding hydrogens is 204 g/mol. The molecule has 0 aromatic rings. The van der Waals surface area contributed by atoms with Gasteiger partial charge in [-0.1, -0.05) is 33.4 Å². The van der Waals surface area contributed by atoms with E-state index in [4.69, 9.17) is 9.47 Å². The van der Waals surface area contributed by atoms with E-state index in [0.717, 1.165) is 0 Å². The Bertz CT molecular complexity index is 262. The highest BCUT2D eigenvalue weighted by molar-refractivity contribution is 5.75. The van der Waals surface area contributed by atoms with Gasteiger partial charge in [0.15, 0.2) is 6.10 Å². The Hall–Kier alpha value is -0.830. The molecule has 0 N–H and O–H groups in total. The molecule has 1 aliphatic rings. The van der Waals surface area contributed by atoms with Gasteiger partial charge in [-0.15, -0.1) is 0 Å². The molecule has 0 aromatic carbocycles. The van der Waals surface area contributed by atoms with Gasteiger partial charge in [0.05, 0.1) is 6.10 Å². The van der Waals surface area contributed by atoms with Crippen LogP contribution in [0.25, 0.3) is 0 Å². The van der Waals surface area contributed by atoms with Crippen molar-refractivity contribution in [1.29, 1.82) is 0 Å². The maximum Gasteiger partial charge on any atom is 0.335 e. The third-order valence-electron chi connectivity index (χ3n) is 3.81. The normalized spacial score (nSPS) is 39.1. The van der Waals surface area contributed by atoms with Crippen LogP contribution in [0, 0.1) is 17.8 Å². The number of carbonyl (C=O) groups excluding carboxylic acids is 1. The van der Waals surface area contributed by atoms with Crippen LogP contribution < -0.4 is 0 Å². The number of hydrogen-bond donors (Lipinski definition) is 0. The molecule has 1 heterocycles. The van der Waals surface area contributed by atoms with Crippen molar-refractivity contribution in [2.45, 2.75) is 39.9 Å². The average Bonchev–Trinajstić information content (AvgIpc) is 2.28. The summed E-state index contributed by atoms with van der Waals surface area (Å²) < 4.78 is 10.8. The first-order valence-electron chi connectivity index (χ1n) is 5.92. The Morgan fingerprint density at radius 1 is 1.25 bits per heavy atom. The van der Waals surface area contributed by atoms with Crippen LogP contribution in [0.1, 0.15) is 27.7 Å². The van der Waals surface area contributed by atoms with Crippen molar-refractivity contribution >= 4 is 5.97 Å². The lowest BCUT2D eigenvalue weighted by atomic mass is 9.77. The van der Waals surface area contributed by atoms with Crippen LogP contribution >= 0.6 is 0 Å². The van der Waals surface area contributed by atoms with Crippen LogP contribution in [0.15, 0.2) is 12.7 Å². The summed E-state index contributed by atoms with van der Waals surface area (Å²) in [4.78, 5) is 11.8. The molecule has 92 valence electrons. The summed E-state index contributed by atoms with van der Waals surface area (Å²) in [5.74, 6) is 0.866. The minimum absolute atomic E-state index is 0.104. The molecule has 1 aliphatic heterocycles. The van der Waals surface area contributed by atoms with Crippen LogP contribution in [-0.4, -0.2) is 24.8 Å². The second-order valence-electron chi connectivity index (χ2n) is 4.76. The Labute approximate surface area is 97.8 Å². The van der Waals surface area contributed by atoms with E-state index < -0.39 is 6.10 Å². The molecule has 0 spiro atoms. The maximum absolute atomic E-state index is 11.8. The molecule has 3 nitrogen and oxygen atoms in total. The van der Waals surface area contributed by atoms with Crippen LogP contribution in [0.2, 0.25) is 0 Å². The Kier molecular flexibility index (Phi) is 4.54. The van der Waals surface area contributed by atoms with E-state index in [1.165, 1.54) is 0 Å². The van der Waals surface area contributed by atoms with Crippen molar-refractivity contribution in [3.05, 3.63) is 12.7 Å². The van der Waals surface area contributed by atoms with Crippen molar-refractivity contribution in [3.63, 3.8) is 0 Å². The summed E-state index contributed by atoms with van der Waals surface area (Å²) >= 11 is 0. The molecule has 3 heteroatoms. The van der Waals surface area contributed by atoms with Crippen molar-refractivity contribution in [2.24, 2.45) is 17.8 Å². The van der Waals surface area contributed by atoms with E-state index >= 15 is 0 Å². The molecule has 16 heavy (non-hydrogen) atoms. The second-order valence-corrected chi connectivity index (χ2v) is 4.76. The van der Waals surface area contributed by atoms with Gasteiger partial charge in [0.2, 0.25) is 0 Å². The SMILES string of the molecule is C=CCOC(=O)C1O[C@H](C)C(C)[C@@H](C)[C@@H]1C. The molecule has 0 bridgehead atoms. The molecular formula is C13H22O3. The summed E-state index contributed by atoms with van der Waals surface area (Å²) in [7, 11) is 0. The minimum Gasteiger partial charge on any atom is -0.460 e. The van der Waals surface area contributed by atoms with Gasteiger partial charge in [-0.2, -0.15) is 0 Å². The van der Waals surface area contributed by atoms with Gasteiger partial charge in [0.25, 0.3) is 0 Å². The first-order chi connectivity index (χ1) is 7.49. The van der Waals surface area contributed by atoms with E-state index in [0.29, 0.717) is 11.8 Å². The van der Waals surface area contributed by atoms with Gasteiger partial charge in [-0.05, 0) is 24.7 Å². The van der Waals surface area contributed by atoms with Crippen molar-refractivity contribution < 1.29 is 14.3 Å². The van der Waals surface area contributed by atoms with Crippen LogP contribution in [0.3, 0.4) is 0 Å². The summed E-state index contributed by atoms with van der Waals surface area (Å²) in [5.41, 5.74) is 0. The third-order valence-corrected chi connectivity index (χ3v) is 3.81. The highest BCUT2D eigenvalue weighted by atomic mass is 16.6. The number of rotatable bonds is 3. The Morgan fingerprint density at radius 3 is 2.44 bits per heavy atom. The van der Waals surface area contributed by atoms with Gasteiger partial charge in [-0.25, -0.2) is 4.79 Å². The molecule has 0 radical (unpaired) electrons. The summed E-state index contributed by atoms with van der Waals surface area (Å²) in [6, 6.07) is 0. The molecule has 1 rings (SSSR count). The molecule has 0 saturated carbocycles. The van der Waals surface area contributed by atoms with Gasteiger partial charge in [-0.3, -0.25) is 0 Å².